The van der Waals surface area contributed by atoms with E-state index in [2.05, 4.69) is 25.6 Å². The second kappa shape index (κ2) is 12.0. The van der Waals surface area contributed by atoms with Gasteiger partial charge < -0.3 is 14.8 Å². The molecule has 0 unspecified atom stereocenters. The Morgan fingerprint density at radius 1 is 1.21 bits per heavy atom. The molecule has 0 saturated carbocycles. The summed E-state index contributed by atoms with van der Waals surface area (Å²) in [6.45, 7) is 12.4. The van der Waals surface area contributed by atoms with Crippen LogP contribution in [0.5, 0.6) is 0 Å². The Morgan fingerprint density at radius 2 is 1.92 bits per heavy atom. The summed E-state index contributed by atoms with van der Waals surface area (Å²) in [7, 11) is 0. The number of benzene rings is 1. The minimum atomic E-state index is -1.99. The number of hydrogen-bond donors (Lipinski definition) is 2. The lowest BCUT2D eigenvalue weighted by molar-refractivity contribution is -0.107. The number of carbonyl (C=O) groups is 2. The van der Waals surface area contributed by atoms with Crippen LogP contribution in [0.15, 0.2) is 35.6 Å². The first kappa shape index (κ1) is 30.4. The second-order valence-electron chi connectivity index (χ2n) is 10.2. The topological polar surface area (TPSA) is 115 Å². The Balaban J connectivity index is 0.00000206. The van der Waals surface area contributed by atoms with Crippen molar-refractivity contribution in [1.29, 1.82) is 0 Å². The highest BCUT2D eigenvalue weighted by Gasteiger charge is 2.60. The van der Waals surface area contributed by atoms with Crippen molar-refractivity contribution in [2.24, 2.45) is 4.99 Å². The van der Waals surface area contributed by atoms with Crippen LogP contribution in [-0.4, -0.2) is 56.9 Å². The number of ether oxygens (including phenoxy) is 2. The average molecular weight is 568 g/mol. The van der Waals surface area contributed by atoms with Crippen LogP contribution in [0.25, 0.3) is 0 Å². The highest BCUT2D eigenvalue weighted by Crippen LogP contribution is 2.52. The first-order valence-electron chi connectivity index (χ1n) is 12.7. The molecule has 3 heterocycles. The number of rotatable bonds is 3. The summed E-state index contributed by atoms with van der Waals surface area (Å²) in [5.74, 6) is -1.37. The number of aromatic nitrogens is 2. The number of halogens is 2. The predicted octanol–water partition coefficient (Wildman–Crippen LogP) is 6.03. The largest absolute Gasteiger partial charge is 0.444 e. The van der Waals surface area contributed by atoms with Crippen LogP contribution in [0.4, 0.5) is 19.3 Å². The third kappa shape index (κ3) is 6.91. The lowest BCUT2D eigenvalue weighted by Gasteiger charge is -2.50. The number of hydrogen-bond acceptors (Lipinski definition) is 8. The molecule has 2 aliphatic rings. The van der Waals surface area contributed by atoms with Crippen LogP contribution in [0, 0.1) is 12.7 Å². The molecule has 12 heteroatoms. The maximum atomic E-state index is 16.6. The molecule has 2 aromatic rings. The Kier molecular flexibility index (Phi) is 9.32. The quantitative estimate of drug-likeness (QED) is 0.465. The van der Waals surface area contributed by atoms with Crippen LogP contribution in [-0.2, 0) is 15.0 Å². The zero-order chi connectivity index (χ0) is 29.0. The van der Waals surface area contributed by atoms with Crippen molar-refractivity contribution in [1.82, 2.24) is 15.3 Å². The number of amidine groups is 1. The smallest absolute Gasteiger partial charge is 0.413 e. The van der Waals surface area contributed by atoms with E-state index in [1.807, 2.05) is 13.8 Å². The third-order valence-electron chi connectivity index (χ3n) is 5.95. The number of thioether (sulfide) groups is 1. The SMILES string of the molecule is CC.Cc1cnc(C(=O)Nc2ccc(F)c([C@]34CO[C@@H](C)C[C@@]3(F)CSC(NC(=O)OC(C)(C)C)=N4)c2)cn1.[HH].[HH]. The summed E-state index contributed by atoms with van der Waals surface area (Å²) < 4.78 is 43.1. The number of fused-ring (bicyclic) bond motifs is 1. The fourth-order valence-electron chi connectivity index (χ4n) is 4.23. The number of carbonyl (C=O) groups excluding carboxylic acids is 2. The number of nitrogens with one attached hydrogen (secondary N) is 2. The van der Waals surface area contributed by atoms with Crippen molar-refractivity contribution in [3.8, 4) is 0 Å². The van der Waals surface area contributed by atoms with Crippen molar-refractivity contribution in [3.05, 3.63) is 53.4 Å². The number of aliphatic imine (C=N–C) groups is 1. The normalized spacial score (nSPS) is 24.3. The molecule has 39 heavy (non-hydrogen) atoms. The zero-order valence-corrected chi connectivity index (χ0v) is 24.0. The lowest BCUT2D eigenvalue weighted by atomic mass is 9.72. The number of anilines is 1. The molecule has 1 fully saturated rings. The Bertz CT molecular complexity index is 1250. The van der Waals surface area contributed by atoms with Gasteiger partial charge in [0.05, 0.1) is 24.6 Å². The summed E-state index contributed by atoms with van der Waals surface area (Å²) in [5.41, 5.74) is -3.71. The van der Waals surface area contributed by atoms with Crippen molar-refractivity contribution < 1.29 is 30.7 Å². The highest BCUT2D eigenvalue weighted by molar-refractivity contribution is 8.14. The first-order chi connectivity index (χ1) is 18.3. The number of nitrogens with zero attached hydrogens (tertiary/aromatic N) is 3. The molecule has 0 aliphatic carbocycles. The molecule has 0 radical (unpaired) electrons. The van der Waals surface area contributed by atoms with Crippen LogP contribution in [0.2, 0.25) is 0 Å². The third-order valence-corrected chi connectivity index (χ3v) is 7.02. The maximum Gasteiger partial charge on any atom is 0.413 e. The van der Waals surface area contributed by atoms with E-state index in [9.17, 15) is 9.59 Å². The van der Waals surface area contributed by atoms with Gasteiger partial charge in [-0.25, -0.2) is 23.6 Å². The molecule has 0 bridgehead atoms. The summed E-state index contributed by atoms with van der Waals surface area (Å²) in [5, 5.41) is 5.29. The van der Waals surface area contributed by atoms with Crippen molar-refractivity contribution in [2.75, 3.05) is 17.7 Å². The molecule has 216 valence electrons. The predicted molar refractivity (Wildman–Crippen MR) is 152 cm³/mol. The van der Waals surface area contributed by atoms with Gasteiger partial charge in [-0.05, 0) is 52.8 Å². The Hall–Kier alpha value is -3.12. The standard InChI is InChI=1S/C25H29F2N5O4S.C2H6.2H2/c1-14-10-29-19(11-28-14)20(33)30-16-6-7-18(26)17(8-16)25-12-35-15(2)9-24(25,27)13-37-21(32-25)31-22(34)36-23(3,4)5;1-2;;/h6-8,10-11,15H,9,12-13H2,1-5H3,(H,30,33)(H,31,32,34);1-2H3;2*1H/t15-,24+,25+;;;/m0.../s1. The van der Waals surface area contributed by atoms with E-state index in [0.29, 0.717) is 5.69 Å². The van der Waals surface area contributed by atoms with Gasteiger partial charge in [0.25, 0.3) is 5.91 Å². The maximum absolute atomic E-state index is 16.6. The van der Waals surface area contributed by atoms with Gasteiger partial charge in [0, 0.05) is 32.5 Å². The monoisotopic (exact) mass is 567 g/mol. The van der Waals surface area contributed by atoms with E-state index in [1.54, 1.807) is 34.6 Å². The zero-order valence-electron chi connectivity index (χ0n) is 23.2. The Labute approximate surface area is 234 Å². The summed E-state index contributed by atoms with van der Waals surface area (Å²) in [4.78, 5) is 37.7. The van der Waals surface area contributed by atoms with Crippen LogP contribution in [0.3, 0.4) is 0 Å². The summed E-state index contributed by atoms with van der Waals surface area (Å²) in [6, 6.07) is 3.84. The molecule has 2 N–H and O–H groups in total. The summed E-state index contributed by atoms with van der Waals surface area (Å²) in [6.07, 6.45) is 1.58. The fraction of sp³-hybridized carbons (Fsp3) is 0.519. The van der Waals surface area contributed by atoms with E-state index in [-0.39, 0.29) is 43.7 Å². The number of aryl methyl sites for hydroxylation is 1. The molecule has 1 aromatic heterocycles. The fourth-order valence-corrected chi connectivity index (χ4v) is 5.33. The van der Waals surface area contributed by atoms with Crippen molar-refractivity contribution >= 4 is 34.6 Å². The molecule has 2 aliphatic heterocycles. The van der Waals surface area contributed by atoms with E-state index in [1.165, 1.54) is 24.5 Å². The van der Waals surface area contributed by atoms with Crippen LogP contribution >= 0.6 is 11.8 Å². The average Bonchev–Trinajstić information content (AvgIpc) is 2.86. The van der Waals surface area contributed by atoms with Crippen molar-refractivity contribution in [2.45, 2.75) is 77.8 Å². The van der Waals surface area contributed by atoms with Gasteiger partial charge in [0.15, 0.2) is 10.8 Å². The minimum Gasteiger partial charge on any atom is -0.444 e. The van der Waals surface area contributed by atoms with E-state index in [4.69, 9.17) is 9.47 Å². The van der Waals surface area contributed by atoms with Gasteiger partial charge in [0.1, 0.15) is 22.7 Å². The lowest BCUT2D eigenvalue weighted by Crippen LogP contribution is -2.61. The van der Waals surface area contributed by atoms with Crippen molar-refractivity contribution in [3.63, 3.8) is 0 Å². The molecule has 4 rings (SSSR count). The Morgan fingerprint density at radius 3 is 2.56 bits per heavy atom. The molecular formula is C27H39F2N5O4S. The van der Waals surface area contributed by atoms with Gasteiger partial charge in [-0.1, -0.05) is 25.6 Å². The first-order valence-corrected chi connectivity index (χ1v) is 13.7. The molecule has 2 amide bonds. The molecule has 0 spiro atoms. The number of amides is 2. The van der Waals surface area contributed by atoms with E-state index >= 15 is 8.78 Å². The van der Waals surface area contributed by atoms with Gasteiger partial charge >= 0.3 is 6.09 Å². The van der Waals surface area contributed by atoms with E-state index < -0.39 is 40.7 Å². The molecule has 9 nitrogen and oxygen atoms in total. The number of alkyl carbamates (subject to hydrolysis) is 1. The molecule has 3 atom stereocenters. The second-order valence-corrected chi connectivity index (χ2v) is 11.1. The molecule has 1 saturated heterocycles. The number of alkyl halides is 1. The van der Waals surface area contributed by atoms with Gasteiger partial charge in [0.2, 0.25) is 0 Å². The minimum absolute atomic E-state index is 0. The van der Waals surface area contributed by atoms with Gasteiger partial charge in [-0.15, -0.1) is 0 Å². The molecule has 1 aromatic carbocycles. The van der Waals surface area contributed by atoms with E-state index in [0.717, 1.165) is 17.8 Å². The van der Waals surface area contributed by atoms with Gasteiger partial charge in [-0.2, -0.15) is 0 Å². The molecular weight excluding hydrogens is 528 g/mol. The van der Waals surface area contributed by atoms with Crippen LogP contribution < -0.4 is 10.6 Å². The van der Waals surface area contributed by atoms with Gasteiger partial charge in [-0.3, -0.25) is 15.1 Å². The van der Waals surface area contributed by atoms with Crippen LogP contribution in [0.1, 0.15) is 72.6 Å². The highest BCUT2D eigenvalue weighted by atomic mass is 32.2. The summed E-state index contributed by atoms with van der Waals surface area (Å²) >= 11 is 1.02.